The van der Waals surface area contributed by atoms with Gasteiger partial charge in [0.2, 0.25) is 5.91 Å². The Hall–Kier alpha value is -3.77. The smallest absolute Gasteiger partial charge is 0.224 e. The first-order valence-electron chi connectivity index (χ1n) is 15.2. The van der Waals surface area contributed by atoms with Gasteiger partial charge in [0.15, 0.2) is 0 Å². The molecule has 5 rings (SSSR count). The van der Waals surface area contributed by atoms with Gasteiger partial charge in [-0.05, 0) is 100.0 Å². The molecule has 4 aromatic rings. The Labute approximate surface area is 243 Å². The minimum absolute atomic E-state index is 0.00493. The molecule has 0 radical (unpaired) electrons. The number of aryl methyl sites for hydroxylation is 1. The number of carbonyl (C=O) groups excluding carboxylic acids is 1. The summed E-state index contributed by atoms with van der Waals surface area (Å²) in [7, 11) is 0. The number of nitrogens with one attached hydrogen (secondary N) is 2. The number of aromatic hydroxyl groups is 1. The minimum atomic E-state index is 0.00493. The molecule has 0 unspecified atom stereocenters. The van der Waals surface area contributed by atoms with Gasteiger partial charge in [-0.25, -0.2) is 0 Å². The van der Waals surface area contributed by atoms with Crippen molar-refractivity contribution in [3.05, 3.63) is 83.9 Å². The standard InChI is InChI=1S/C35H43N3O3/c1-26(15-16-27-17-19-29(39)20-18-27)36-33(40)25-31-30-13-10-14-32(35(30)37-34(31)28-11-4-2-5-12-28)41-24-9-8-23-38-21-6-3-7-22-38/h2,4-5,10-14,17-20,26,37,39H,3,6-9,15-16,21-25H2,1H3,(H,36,40)/t26-/m1/s1. The van der Waals surface area contributed by atoms with Crippen LogP contribution in [0.1, 0.15) is 56.6 Å². The fourth-order valence-corrected chi connectivity index (χ4v) is 5.81. The second kappa shape index (κ2) is 14.2. The first kappa shape index (κ1) is 28.7. The van der Waals surface area contributed by atoms with E-state index in [1.54, 1.807) is 12.1 Å². The number of aromatic amines is 1. The summed E-state index contributed by atoms with van der Waals surface area (Å²) in [4.78, 5) is 19.5. The van der Waals surface area contributed by atoms with Crippen molar-refractivity contribution in [2.75, 3.05) is 26.2 Å². The molecule has 1 saturated heterocycles. The number of benzene rings is 3. The molecule has 0 saturated carbocycles. The van der Waals surface area contributed by atoms with E-state index in [4.69, 9.17) is 4.74 Å². The summed E-state index contributed by atoms with van der Waals surface area (Å²) in [6.07, 6.45) is 8.14. The predicted molar refractivity (Wildman–Crippen MR) is 166 cm³/mol. The van der Waals surface area contributed by atoms with E-state index in [0.717, 1.165) is 71.3 Å². The average molecular weight is 554 g/mol. The lowest BCUT2D eigenvalue weighted by Crippen LogP contribution is -2.34. The van der Waals surface area contributed by atoms with Gasteiger partial charge in [0, 0.05) is 11.4 Å². The first-order chi connectivity index (χ1) is 20.1. The lowest BCUT2D eigenvalue weighted by molar-refractivity contribution is -0.121. The van der Waals surface area contributed by atoms with Gasteiger partial charge in [0.25, 0.3) is 0 Å². The Balaban J connectivity index is 1.25. The Morgan fingerprint density at radius 2 is 1.76 bits per heavy atom. The molecule has 0 bridgehead atoms. The van der Waals surface area contributed by atoms with Crippen molar-refractivity contribution in [2.24, 2.45) is 0 Å². The Bertz CT molecular complexity index is 1390. The van der Waals surface area contributed by atoms with Crippen LogP contribution in [0.2, 0.25) is 0 Å². The number of hydrogen-bond donors (Lipinski definition) is 3. The molecule has 0 spiro atoms. The van der Waals surface area contributed by atoms with Gasteiger partial charge in [-0.3, -0.25) is 4.79 Å². The van der Waals surface area contributed by atoms with Crippen LogP contribution in [-0.2, 0) is 17.6 Å². The molecule has 3 aromatic carbocycles. The van der Waals surface area contributed by atoms with Gasteiger partial charge in [-0.2, -0.15) is 0 Å². The summed E-state index contributed by atoms with van der Waals surface area (Å²) in [6, 6.07) is 23.6. The van der Waals surface area contributed by atoms with Crippen LogP contribution >= 0.6 is 0 Å². The molecule has 2 heterocycles. The van der Waals surface area contributed by atoms with E-state index in [9.17, 15) is 9.90 Å². The van der Waals surface area contributed by atoms with Crippen LogP contribution in [0.5, 0.6) is 11.5 Å². The Kier molecular flexibility index (Phi) is 9.97. The number of phenolic OH excluding ortho intramolecular Hbond substituents is 1. The molecule has 6 heteroatoms. The number of fused-ring (bicyclic) bond motifs is 1. The van der Waals surface area contributed by atoms with E-state index < -0.39 is 0 Å². The summed E-state index contributed by atoms with van der Waals surface area (Å²) in [6.45, 7) is 6.35. The third kappa shape index (κ3) is 7.92. The maximum absolute atomic E-state index is 13.3. The van der Waals surface area contributed by atoms with Crippen LogP contribution in [0.15, 0.2) is 72.8 Å². The van der Waals surface area contributed by atoms with Crippen LogP contribution < -0.4 is 10.1 Å². The third-order valence-electron chi connectivity index (χ3n) is 8.09. The fraction of sp³-hybridized carbons (Fsp3) is 0.400. The quantitative estimate of drug-likeness (QED) is 0.158. The zero-order valence-electron chi connectivity index (χ0n) is 24.2. The van der Waals surface area contributed by atoms with Crippen molar-refractivity contribution in [2.45, 2.75) is 64.3 Å². The number of nitrogens with zero attached hydrogens (tertiary/aromatic N) is 1. The van der Waals surface area contributed by atoms with Crippen LogP contribution in [0.4, 0.5) is 0 Å². The van der Waals surface area contributed by atoms with Gasteiger partial charge in [0.1, 0.15) is 11.5 Å². The lowest BCUT2D eigenvalue weighted by Gasteiger charge is -2.26. The zero-order chi connectivity index (χ0) is 28.4. The molecule has 1 aromatic heterocycles. The number of phenols is 1. The molecular formula is C35H43N3O3. The maximum atomic E-state index is 13.3. The number of piperidine rings is 1. The van der Waals surface area contributed by atoms with E-state index in [0.29, 0.717) is 6.61 Å². The highest BCUT2D eigenvalue weighted by Crippen LogP contribution is 2.35. The highest BCUT2D eigenvalue weighted by molar-refractivity contribution is 5.97. The van der Waals surface area contributed by atoms with Crippen LogP contribution in [0, 0.1) is 0 Å². The highest BCUT2D eigenvalue weighted by atomic mass is 16.5. The van der Waals surface area contributed by atoms with Gasteiger partial charge in [-0.15, -0.1) is 0 Å². The van der Waals surface area contributed by atoms with Crippen molar-refractivity contribution >= 4 is 16.8 Å². The van der Waals surface area contributed by atoms with Crippen LogP contribution in [0.3, 0.4) is 0 Å². The predicted octanol–water partition coefficient (Wildman–Crippen LogP) is 6.87. The number of amides is 1. The van der Waals surface area contributed by atoms with E-state index in [2.05, 4.69) is 33.4 Å². The second-order valence-corrected chi connectivity index (χ2v) is 11.3. The zero-order valence-corrected chi connectivity index (χ0v) is 24.2. The second-order valence-electron chi connectivity index (χ2n) is 11.3. The number of unbranched alkanes of at least 4 members (excludes halogenated alkanes) is 1. The van der Waals surface area contributed by atoms with Gasteiger partial charge in [0.05, 0.1) is 24.2 Å². The number of rotatable bonds is 13. The molecule has 1 fully saturated rings. The van der Waals surface area contributed by atoms with Crippen molar-refractivity contribution < 1.29 is 14.6 Å². The average Bonchev–Trinajstić information content (AvgIpc) is 3.36. The molecule has 3 N–H and O–H groups in total. The molecule has 41 heavy (non-hydrogen) atoms. The summed E-state index contributed by atoms with van der Waals surface area (Å²) in [5.41, 5.74) is 5.11. The number of aromatic nitrogens is 1. The van der Waals surface area contributed by atoms with Crippen LogP contribution in [-0.4, -0.2) is 53.2 Å². The van der Waals surface area contributed by atoms with E-state index >= 15 is 0 Å². The van der Waals surface area contributed by atoms with Crippen molar-refractivity contribution in [1.82, 2.24) is 15.2 Å². The van der Waals surface area contributed by atoms with Gasteiger partial charge >= 0.3 is 0 Å². The summed E-state index contributed by atoms with van der Waals surface area (Å²) >= 11 is 0. The number of H-pyrrole nitrogens is 1. The molecule has 6 nitrogen and oxygen atoms in total. The topological polar surface area (TPSA) is 77.6 Å². The fourth-order valence-electron chi connectivity index (χ4n) is 5.81. The third-order valence-corrected chi connectivity index (χ3v) is 8.09. The molecule has 1 amide bonds. The number of para-hydroxylation sites is 1. The SMILES string of the molecule is C[C@H](CCc1ccc(O)cc1)NC(=O)Cc1c(-c2ccccc2)[nH]c2c(OCCCCN3CCCCC3)cccc12. The monoisotopic (exact) mass is 553 g/mol. The van der Waals surface area contributed by atoms with Gasteiger partial charge in [-0.1, -0.05) is 61.0 Å². The number of likely N-dealkylation sites (tertiary alicyclic amines) is 1. The Morgan fingerprint density at radius 1 is 0.976 bits per heavy atom. The lowest BCUT2D eigenvalue weighted by atomic mass is 10.0. The number of carbonyl (C=O) groups is 1. The molecule has 216 valence electrons. The minimum Gasteiger partial charge on any atom is -0.508 e. The number of ether oxygens (including phenoxy) is 1. The van der Waals surface area contributed by atoms with Crippen LogP contribution in [0.25, 0.3) is 22.2 Å². The highest BCUT2D eigenvalue weighted by Gasteiger charge is 2.19. The summed E-state index contributed by atoms with van der Waals surface area (Å²) < 4.78 is 6.30. The molecule has 1 aliphatic rings. The van der Waals surface area contributed by atoms with Crippen molar-refractivity contribution in [3.63, 3.8) is 0 Å². The van der Waals surface area contributed by atoms with Crippen molar-refractivity contribution in [3.8, 4) is 22.8 Å². The van der Waals surface area contributed by atoms with E-state index in [1.165, 1.54) is 32.4 Å². The maximum Gasteiger partial charge on any atom is 0.224 e. The summed E-state index contributed by atoms with van der Waals surface area (Å²) in [5, 5.41) is 13.7. The normalized spacial score (nSPS) is 14.7. The summed E-state index contributed by atoms with van der Waals surface area (Å²) in [5.74, 6) is 1.11. The number of hydrogen-bond acceptors (Lipinski definition) is 4. The Morgan fingerprint density at radius 3 is 2.54 bits per heavy atom. The molecular weight excluding hydrogens is 510 g/mol. The van der Waals surface area contributed by atoms with Crippen molar-refractivity contribution in [1.29, 1.82) is 0 Å². The largest absolute Gasteiger partial charge is 0.508 e. The molecule has 1 atom stereocenters. The van der Waals surface area contributed by atoms with Gasteiger partial charge < -0.3 is 25.0 Å². The molecule has 0 aliphatic carbocycles. The van der Waals surface area contributed by atoms with E-state index in [-0.39, 0.29) is 24.1 Å². The molecule has 1 aliphatic heterocycles. The van der Waals surface area contributed by atoms with E-state index in [1.807, 2.05) is 49.4 Å². The first-order valence-corrected chi connectivity index (χ1v) is 15.2.